The lowest BCUT2D eigenvalue weighted by molar-refractivity contribution is -0.318. The minimum Gasteiger partial charge on any atom is -0.459 e. The van der Waals surface area contributed by atoms with Crippen LogP contribution in [0.2, 0.25) is 0 Å². The predicted molar refractivity (Wildman–Crippen MR) is 266 cm³/mol. The highest BCUT2D eigenvalue weighted by Gasteiger charge is 2.53. The molecule has 3 fully saturated rings. The van der Waals surface area contributed by atoms with Crippen molar-refractivity contribution in [2.75, 3.05) is 47.4 Å². The van der Waals surface area contributed by atoms with Crippen LogP contribution in [0.15, 0.2) is 29.2 Å². The number of aliphatic hydroxyl groups is 5. The average Bonchev–Trinajstić information content (AvgIpc) is 3.30. The summed E-state index contributed by atoms with van der Waals surface area (Å²) in [6.07, 6.45) is -9.76. The molecule has 0 unspecified atom stereocenters. The lowest BCUT2D eigenvalue weighted by Gasteiger charge is -2.48. The molecule has 72 heavy (non-hydrogen) atoms. The van der Waals surface area contributed by atoms with E-state index in [4.69, 9.17) is 28.4 Å². The van der Waals surface area contributed by atoms with Crippen molar-refractivity contribution >= 4 is 22.0 Å². The first-order valence-corrected chi connectivity index (χ1v) is 26.9. The van der Waals surface area contributed by atoms with E-state index < -0.39 is 118 Å². The van der Waals surface area contributed by atoms with Gasteiger partial charge < -0.3 is 63.8 Å². The van der Waals surface area contributed by atoms with E-state index >= 15 is 0 Å². The molecular weight excluding hydrogens is 955 g/mol. The molecule has 0 aromatic heterocycles. The summed E-state index contributed by atoms with van der Waals surface area (Å²) < 4.78 is 66.6. The van der Waals surface area contributed by atoms with E-state index in [-0.39, 0.29) is 75.3 Å². The van der Waals surface area contributed by atoms with E-state index in [2.05, 4.69) is 4.72 Å². The fourth-order valence-corrected chi connectivity index (χ4v) is 11.8. The number of carbonyl (C=O) groups is 2. The van der Waals surface area contributed by atoms with Crippen LogP contribution in [-0.2, 0) is 43.2 Å². The van der Waals surface area contributed by atoms with Gasteiger partial charge in [0.15, 0.2) is 12.6 Å². The number of benzene rings is 1. The molecule has 6 N–H and O–H groups in total. The molecule has 1 aromatic rings. The van der Waals surface area contributed by atoms with Crippen LogP contribution in [0.1, 0.15) is 113 Å². The van der Waals surface area contributed by atoms with E-state index in [0.717, 1.165) is 5.56 Å². The van der Waals surface area contributed by atoms with Crippen molar-refractivity contribution in [2.24, 2.45) is 17.8 Å². The first kappa shape index (κ1) is 61.5. The van der Waals surface area contributed by atoms with Gasteiger partial charge in [-0.1, -0.05) is 38.5 Å². The summed E-state index contributed by atoms with van der Waals surface area (Å²) in [6, 6.07) is 5.91. The van der Waals surface area contributed by atoms with Crippen LogP contribution in [0, 0.1) is 36.0 Å². The molecule has 412 valence electrons. The summed E-state index contributed by atoms with van der Waals surface area (Å²) in [5.41, 5.74) is -4.04. The van der Waals surface area contributed by atoms with Crippen LogP contribution in [0.25, 0.3) is 0 Å². The van der Waals surface area contributed by atoms with Gasteiger partial charge >= 0.3 is 12.0 Å². The summed E-state index contributed by atoms with van der Waals surface area (Å²) in [5, 5.41) is 69.7. The number of likely N-dealkylation sites (N-methyl/N-ethyl adjacent to an activating group) is 1. The predicted octanol–water partition coefficient (Wildman–Crippen LogP) is 3.28. The zero-order valence-corrected chi connectivity index (χ0v) is 45.9. The second kappa shape index (κ2) is 25.6. The summed E-state index contributed by atoms with van der Waals surface area (Å²) in [4.78, 5) is 33.1. The Hall–Kier alpha value is -3.08. The lowest BCUT2D eigenvalue weighted by atomic mass is 9.77. The number of rotatable bonds is 15. The van der Waals surface area contributed by atoms with Gasteiger partial charge in [-0.05, 0) is 113 Å². The van der Waals surface area contributed by atoms with Crippen LogP contribution in [0.4, 0.5) is 4.79 Å². The average molecular weight is 1040 g/mol. The van der Waals surface area contributed by atoms with Gasteiger partial charge in [0.05, 0.1) is 58.9 Å². The Morgan fingerprint density at radius 3 is 2.19 bits per heavy atom. The first-order chi connectivity index (χ1) is 33.4. The van der Waals surface area contributed by atoms with E-state index in [9.17, 15) is 48.8 Å². The highest BCUT2D eigenvalue weighted by Crippen LogP contribution is 2.40. The molecule has 0 bridgehead atoms. The minimum absolute atomic E-state index is 0.00268. The summed E-state index contributed by atoms with van der Waals surface area (Å²) >= 11 is 0. The Kier molecular flexibility index (Phi) is 21.9. The van der Waals surface area contributed by atoms with Crippen LogP contribution in [0.5, 0.6) is 0 Å². The van der Waals surface area contributed by atoms with Gasteiger partial charge in [-0.2, -0.15) is 5.26 Å². The summed E-state index contributed by atoms with van der Waals surface area (Å²) in [7, 11) is 0.919. The van der Waals surface area contributed by atoms with Crippen molar-refractivity contribution < 1.29 is 72.0 Å². The second-order valence-electron chi connectivity index (χ2n) is 21.7. The van der Waals surface area contributed by atoms with E-state index in [0.29, 0.717) is 6.42 Å². The third kappa shape index (κ3) is 15.1. The second-order valence-corrected chi connectivity index (χ2v) is 23.4. The molecule has 4 rings (SSSR count). The lowest BCUT2D eigenvalue weighted by Crippen LogP contribution is -2.60. The summed E-state index contributed by atoms with van der Waals surface area (Å²) in [6.45, 7) is 19.1. The third-order valence-electron chi connectivity index (χ3n) is 15.2. The zero-order chi connectivity index (χ0) is 54.3. The molecule has 3 aliphatic rings. The third-order valence-corrected chi connectivity index (χ3v) is 16.6. The monoisotopic (exact) mass is 1040 g/mol. The number of carbonyl (C=O) groups excluding carboxylic acids is 2. The van der Waals surface area contributed by atoms with Gasteiger partial charge in [-0.3, -0.25) is 9.69 Å². The zero-order valence-electron chi connectivity index (χ0n) is 45.1. The van der Waals surface area contributed by atoms with E-state index in [1.807, 2.05) is 43.8 Å². The molecular formula is C51H87N5O15S. The molecule has 18 atom stereocenters. The molecule has 1 aromatic carbocycles. The number of nitrogens with zero attached hydrogens (tertiary/aromatic N) is 4. The molecule has 0 aliphatic carbocycles. The number of sulfonamides is 1. The molecule has 3 saturated heterocycles. The number of cyclic esters (lactones) is 1. The molecule has 2 amide bonds. The van der Waals surface area contributed by atoms with Crippen molar-refractivity contribution in [1.82, 2.24) is 19.4 Å². The molecule has 3 heterocycles. The molecule has 0 radical (unpaired) electrons. The number of nitriles is 1. The van der Waals surface area contributed by atoms with Crippen molar-refractivity contribution in [3.63, 3.8) is 0 Å². The van der Waals surface area contributed by atoms with Gasteiger partial charge in [0.1, 0.15) is 30.0 Å². The Balaban J connectivity index is 1.77. The van der Waals surface area contributed by atoms with Crippen LogP contribution in [-0.4, -0.2) is 198 Å². The molecule has 0 spiro atoms. The number of aryl methyl sites for hydroxylation is 1. The standard InChI is InChI=1S/C51H87N5O15S/c1-15-39-51(11,63)43(58)35(7)56(25-17-24-55(23-16-22-52)48(61)53-72(64,65)37-20-18-30(2)19-21-37)29-31(3)27-49(9,62)45(71-47-41(57)38(54(12)13)26-32(4)67-47)33(5)42(34(6)46(60)69-39)70-40-28-50(10,66-14)44(59)36(8)68-40/h18-21,31-36,38-45,47,57-59,62-63H,15-17,23-29H2,1-14H3,(H,53,61)/t31-,32-,33+,34-,35-,36+,38+,39-,40+,41-,42+,43-,44+,45-,47+,49-,50-,51-/m1/s1. The number of aliphatic hydroxyl groups excluding tert-OH is 3. The number of urea groups is 1. The highest BCUT2D eigenvalue weighted by molar-refractivity contribution is 7.90. The number of methoxy groups -OCH3 is 1. The maximum absolute atomic E-state index is 14.6. The van der Waals surface area contributed by atoms with Gasteiger partial charge in [0, 0.05) is 57.7 Å². The molecule has 21 heteroatoms. The van der Waals surface area contributed by atoms with Crippen LogP contribution < -0.4 is 4.72 Å². The maximum Gasteiger partial charge on any atom is 0.331 e. The van der Waals surface area contributed by atoms with E-state index in [1.165, 1.54) is 31.1 Å². The number of ether oxygens (including phenoxy) is 6. The van der Waals surface area contributed by atoms with Crippen LogP contribution in [0.3, 0.4) is 0 Å². The largest absolute Gasteiger partial charge is 0.459 e. The van der Waals surface area contributed by atoms with Gasteiger partial charge in [-0.25, -0.2) is 17.9 Å². The molecule has 3 aliphatic heterocycles. The van der Waals surface area contributed by atoms with Crippen molar-refractivity contribution in [2.45, 2.75) is 210 Å². The Morgan fingerprint density at radius 2 is 1.61 bits per heavy atom. The number of amides is 2. The SMILES string of the molecule is CC[C@H]1OC(=O)[C@H](C)[C@@H](O[C@H]2C[C@@](C)(OC)[C@@H](O)[C@H](C)O2)[C@H](C)[C@@H](O[C@@H]2O[C@H](C)C[C@H](N(C)C)[C@H]2O)[C@](C)(O)C[C@@H](C)CN(CCCN(CCC#N)C(=O)NS(=O)(=O)c2ccc(C)cc2)[C@H](C)[C@@H](O)[C@]1(C)O. The van der Waals surface area contributed by atoms with Crippen LogP contribution >= 0.6 is 0 Å². The van der Waals surface area contributed by atoms with Gasteiger partial charge in [-0.15, -0.1) is 0 Å². The fraction of sp³-hybridized carbons (Fsp3) is 0.824. The number of esters is 1. The molecule has 0 saturated carbocycles. The topological polar surface area (TPSA) is 270 Å². The number of hydrogen-bond acceptors (Lipinski definition) is 18. The van der Waals surface area contributed by atoms with Crippen molar-refractivity contribution in [1.29, 1.82) is 5.26 Å². The van der Waals surface area contributed by atoms with Gasteiger partial charge in [0.2, 0.25) is 0 Å². The minimum atomic E-state index is -4.25. The fourth-order valence-electron chi connectivity index (χ4n) is 10.8. The Morgan fingerprint density at radius 1 is 0.972 bits per heavy atom. The van der Waals surface area contributed by atoms with Crippen molar-refractivity contribution in [3.8, 4) is 6.07 Å². The number of nitrogens with one attached hydrogen (secondary N) is 1. The first-order valence-electron chi connectivity index (χ1n) is 25.5. The maximum atomic E-state index is 14.6. The van der Waals surface area contributed by atoms with Gasteiger partial charge in [0.25, 0.3) is 10.0 Å². The number of hydrogen-bond donors (Lipinski definition) is 6. The quantitative estimate of drug-likeness (QED) is 0.138. The molecule has 20 nitrogen and oxygen atoms in total. The highest BCUT2D eigenvalue weighted by atomic mass is 32.2. The smallest absolute Gasteiger partial charge is 0.331 e. The Labute approximate surface area is 428 Å². The van der Waals surface area contributed by atoms with E-state index in [1.54, 1.807) is 67.5 Å². The normalized spacial score (nSPS) is 39.0. The Bertz CT molecular complexity index is 2060. The van der Waals surface area contributed by atoms with Crippen molar-refractivity contribution in [3.05, 3.63) is 29.8 Å². The summed E-state index contributed by atoms with van der Waals surface area (Å²) in [5.74, 6) is -3.19.